The van der Waals surface area contributed by atoms with E-state index in [1.54, 1.807) is 17.4 Å². The Labute approximate surface area is 143 Å². The van der Waals surface area contributed by atoms with Crippen LogP contribution in [0.15, 0.2) is 36.8 Å². The molecule has 0 radical (unpaired) electrons. The zero-order valence-electron chi connectivity index (χ0n) is 13.5. The van der Waals surface area contributed by atoms with E-state index < -0.39 is 0 Å². The van der Waals surface area contributed by atoms with E-state index in [2.05, 4.69) is 25.5 Å². The van der Waals surface area contributed by atoms with Crippen LogP contribution in [-0.2, 0) is 16.0 Å². The molecule has 25 heavy (non-hydrogen) atoms. The van der Waals surface area contributed by atoms with Crippen LogP contribution < -0.4 is 10.2 Å². The van der Waals surface area contributed by atoms with Crippen LogP contribution in [0, 0.1) is 5.92 Å². The van der Waals surface area contributed by atoms with Gasteiger partial charge in [0.2, 0.25) is 11.8 Å². The molecule has 8 heteroatoms. The number of imidazole rings is 1. The van der Waals surface area contributed by atoms with Gasteiger partial charge in [-0.05, 0) is 12.1 Å². The van der Waals surface area contributed by atoms with Crippen molar-refractivity contribution < 1.29 is 9.59 Å². The number of carbonyl (C=O) groups excluding carboxylic acids is 2. The predicted octanol–water partition coefficient (Wildman–Crippen LogP) is 0.998. The average molecular weight is 338 g/mol. The summed E-state index contributed by atoms with van der Waals surface area (Å²) in [6.45, 7) is 0.862. The minimum Gasteiger partial charge on any atom is -0.355 e. The van der Waals surface area contributed by atoms with Crippen molar-refractivity contribution >= 4 is 28.5 Å². The molecular formula is C17H18N6O2. The Hall–Kier alpha value is -3.16. The molecule has 2 aromatic heterocycles. The Kier molecular flexibility index (Phi) is 3.93. The van der Waals surface area contributed by atoms with Gasteiger partial charge in [0, 0.05) is 43.2 Å². The summed E-state index contributed by atoms with van der Waals surface area (Å²) in [5.74, 6) is 0.0549. The first-order valence-corrected chi connectivity index (χ1v) is 8.21. The van der Waals surface area contributed by atoms with E-state index in [-0.39, 0.29) is 24.2 Å². The largest absolute Gasteiger partial charge is 0.355 e. The summed E-state index contributed by atoms with van der Waals surface area (Å²) >= 11 is 0. The lowest BCUT2D eigenvalue weighted by molar-refractivity contribution is -0.126. The van der Waals surface area contributed by atoms with Crippen molar-refractivity contribution in [3.8, 4) is 0 Å². The van der Waals surface area contributed by atoms with Gasteiger partial charge in [-0.3, -0.25) is 19.6 Å². The van der Waals surface area contributed by atoms with Crippen LogP contribution in [0.3, 0.4) is 0 Å². The minimum atomic E-state index is -0.357. The molecule has 3 N–H and O–H groups in total. The molecule has 4 rings (SSSR count). The number of fused-ring (bicyclic) bond motifs is 1. The molecule has 0 unspecified atom stereocenters. The molecule has 1 saturated heterocycles. The first kappa shape index (κ1) is 15.4. The first-order chi connectivity index (χ1) is 12.2. The highest BCUT2D eigenvalue weighted by atomic mass is 16.2. The van der Waals surface area contributed by atoms with Crippen molar-refractivity contribution in [3.05, 3.63) is 42.5 Å². The van der Waals surface area contributed by atoms with E-state index in [1.807, 2.05) is 24.3 Å². The molecule has 2 amide bonds. The van der Waals surface area contributed by atoms with Crippen molar-refractivity contribution in [2.75, 3.05) is 18.0 Å². The third-order valence-corrected chi connectivity index (χ3v) is 4.45. The maximum absolute atomic E-state index is 12.4. The number of rotatable bonds is 5. The highest BCUT2D eigenvalue weighted by Gasteiger charge is 2.36. The van der Waals surface area contributed by atoms with Crippen LogP contribution in [-0.4, -0.2) is 45.1 Å². The molecule has 1 aliphatic heterocycles. The molecule has 0 saturated carbocycles. The van der Waals surface area contributed by atoms with Crippen molar-refractivity contribution in [2.24, 2.45) is 5.92 Å². The number of hydrogen-bond acceptors (Lipinski definition) is 4. The standard InChI is InChI=1S/C17H18N6O2/c24-15-7-11(17(25)19-6-5-12-8-18-10-20-12)9-23(15)16-13-3-1-2-4-14(13)21-22-16/h1-4,8,10-11H,5-7,9H2,(H,18,20)(H,19,25)(H,21,22)/t11-/m1/s1. The number of nitrogens with zero attached hydrogens (tertiary/aromatic N) is 3. The number of carbonyl (C=O) groups is 2. The van der Waals surface area contributed by atoms with Crippen LogP contribution in [0.25, 0.3) is 10.9 Å². The van der Waals surface area contributed by atoms with Crippen molar-refractivity contribution in [2.45, 2.75) is 12.8 Å². The van der Waals surface area contributed by atoms with Gasteiger partial charge in [-0.1, -0.05) is 12.1 Å². The number of nitrogens with one attached hydrogen (secondary N) is 3. The summed E-state index contributed by atoms with van der Waals surface area (Å²) < 4.78 is 0. The quantitative estimate of drug-likeness (QED) is 0.645. The Morgan fingerprint density at radius 1 is 1.36 bits per heavy atom. The molecule has 0 spiro atoms. The monoisotopic (exact) mass is 338 g/mol. The van der Waals surface area contributed by atoms with Gasteiger partial charge in [0.15, 0.2) is 5.82 Å². The summed E-state index contributed by atoms with van der Waals surface area (Å²) in [4.78, 5) is 33.3. The zero-order valence-corrected chi connectivity index (χ0v) is 13.5. The van der Waals surface area contributed by atoms with E-state index >= 15 is 0 Å². The second kappa shape index (κ2) is 6.39. The number of aromatic amines is 2. The van der Waals surface area contributed by atoms with Crippen molar-refractivity contribution in [3.63, 3.8) is 0 Å². The fourth-order valence-corrected chi connectivity index (χ4v) is 3.13. The van der Waals surface area contributed by atoms with Crippen LogP contribution >= 0.6 is 0 Å². The van der Waals surface area contributed by atoms with Gasteiger partial charge in [-0.25, -0.2) is 4.98 Å². The summed E-state index contributed by atoms with van der Waals surface area (Å²) in [7, 11) is 0. The topological polar surface area (TPSA) is 107 Å². The van der Waals surface area contributed by atoms with E-state index in [0.717, 1.165) is 16.6 Å². The van der Waals surface area contributed by atoms with Gasteiger partial charge in [0.25, 0.3) is 0 Å². The lowest BCUT2D eigenvalue weighted by Gasteiger charge is -2.14. The van der Waals surface area contributed by atoms with E-state index in [1.165, 1.54) is 0 Å². The number of hydrogen-bond donors (Lipinski definition) is 3. The number of para-hydroxylation sites is 1. The summed E-state index contributed by atoms with van der Waals surface area (Å²) in [6, 6.07) is 7.64. The smallest absolute Gasteiger partial charge is 0.229 e. The van der Waals surface area contributed by atoms with Crippen molar-refractivity contribution in [1.82, 2.24) is 25.5 Å². The van der Waals surface area contributed by atoms with Gasteiger partial charge in [0.05, 0.1) is 17.8 Å². The molecule has 128 valence electrons. The third-order valence-electron chi connectivity index (χ3n) is 4.45. The number of H-pyrrole nitrogens is 2. The minimum absolute atomic E-state index is 0.0778. The molecule has 8 nitrogen and oxygen atoms in total. The fourth-order valence-electron chi connectivity index (χ4n) is 3.13. The Balaban J connectivity index is 1.40. The van der Waals surface area contributed by atoms with E-state index in [0.29, 0.717) is 25.3 Å². The molecule has 3 aromatic rings. The number of anilines is 1. The lowest BCUT2D eigenvalue weighted by atomic mass is 10.1. The predicted molar refractivity (Wildman–Crippen MR) is 91.9 cm³/mol. The second-order valence-corrected chi connectivity index (χ2v) is 6.12. The normalized spacial score (nSPS) is 17.4. The van der Waals surface area contributed by atoms with Gasteiger partial charge < -0.3 is 10.3 Å². The first-order valence-electron chi connectivity index (χ1n) is 8.21. The van der Waals surface area contributed by atoms with Gasteiger partial charge in [0.1, 0.15) is 0 Å². The Bertz CT molecular complexity index is 901. The number of aromatic nitrogens is 4. The second-order valence-electron chi connectivity index (χ2n) is 6.12. The Morgan fingerprint density at radius 2 is 2.24 bits per heavy atom. The van der Waals surface area contributed by atoms with Gasteiger partial charge >= 0.3 is 0 Å². The highest BCUT2D eigenvalue weighted by molar-refractivity contribution is 6.05. The van der Waals surface area contributed by atoms with Crippen LogP contribution in [0.1, 0.15) is 12.1 Å². The van der Waals surface area contributed by atoms with Crippen molar-refractivity contribution in [1.29, 1.82) is 0 Å². The molecule has 1 aromatic carbocycles. The third kappa shape index (κ3) is 2.98. The van der Waals surface area contributed by atoms with E-state index in [9.17, 15) is 9.59 Å². The maximum atomic E-state index is 12.4. The average Bonchev–Trinajstić information content (AvgIpc) is 3.34. The molecule has 1 fully saturated rings. The van der Waals surface area contributed by atoms with Crippen LogP contribution in [0.5, 0.6) is 0 Å². The Morgan fingerprint density at radius 3 is 3.08 bits per heavy atom. The number of benzene rings is 1. The molecule has 0 bridgehead atoms. The summed E-state index contributed by atoms with van der Waals surface area (Å²) in [5.41, 5.74) is 1.84. The molecule has 1 aliphatic rings. The highest BCUT2D eigenvalue weighted by Crippen LogP contribution is 2.29. The lowest BCUT2D eigenvalue weighted by Crippen LogP contribution is -2.34. The summed E-state index contributed by atoms with van der Waals surface area (Å²) in [6.07, 6.45) is 4.23. The fraction of sp³-hybridized carbons (Fsp3) is 0.294. The SMILES string of the molecule is O=C(NCCc1cnc[nH]1)[C@@H]1CC(=O)N(c2n[nH]c3ccccc23)C1. The molecule has 0 aliphatic carbocycles. The van der Waals surface area contributed by atoms with Gasteiger partial charge in [-0.2, -0.15) is 5.10 Å². The van der Waals surface area contributed by atoms with Crippen LogP contribution in [0.4, 0.5) is 5.82 Å². The molecule has 1 atom stereocenters. The molecule has 3 heterocycles. The van der Waals surface area contributed by atoms with Crippen LogP contribution in [0.2, 0.25) is 0 Å². The maximum Gasteiger partial charge on any atom is 0.229 e. The number of amides is 2. The van der Waals surface area contributed by atoms with E-state index in [4.69, 9.17) is 0 Å². The van der Waals surface area contributed by atoms with Gasteiger partial charge in [-0.15, -0.1) is 0 Å². The molecular weight excluding hydrogens is 320 g/mol. The zero-order chi connectivity index (χ0) is 17.2. The summed E-state index contributed by atoms with van der Waals surface area (Å²) in [5, 5.41) is 11.0.